The third-order valence-corrected chi connectivity index (χ3v) is 6.05. The zero-order valence-corrected chi connectivity index (χ0v) is 19.6. The van der Waals surface area contributed by atoms with Crippen LogP contribution in [-0.4, -0.2) is 63.8 Å². The molecule has 1 heterocycles. The molecule has 1 aliphatic heterocycles. The molecule has 32 heavy (non-hydrogen) atoms. The van der Waals surface area contributed by atoms with Gasteiger partial charge in [0.2, 0.25) is 0 Å². The number of halogens is 2. The van der Waals surface area contributed by atoms with E-state index in [1.54, 1.807) is 0 Å². The lowest BCUT2D eigenvalue weighted by Gasteiger charge is -2.27. The van der Waals surface area contributed by atoms with Crippen molar-refractivity contribution in [3.8, 4) is 0 Å². The van der Waals surface area contributed by atoms with Gasteiger partial charge in [0, 0.05) is 62.6 Å². The van der Waals surface area contributed by atoms with Gasteiger partial charge in [0.05, 0.1) is 12.7 Å². The van der Waals surface area contributed by atoms with Crippen molar-refractivity contribution in [1.82, 2.24) is 14.5 Å². The number of rotatable bonds is 9. The van der Waals surface area contributed by atoms with Gasteiger partial charge >= 0.3 is 5.97 Å². The highest BCUT2D eigenvalue weighted by atomic mass is 35.5. The standard InChI is InChI=1S/C22H28FN3O4S.ClH/c1-30-22(27)19-6-7-20(21(23)14-19)16-26(31(28)29)11-8-17-2-4-18(5-3-17)15-25-12-9-24-10-13-25;/h2-7,14,24H,8-13,15-16H2,1H3,(H,28,29);1H/p-1. The van der Waals surface area contributed by atoms with Crippen LogP contribution >= 0.6 is 12.4 Å². The minimum atomic E-state index is -2.50. The fraction of sp³-hybridized carbons (Fsp3) is 0.409. The van der Waals surface area contributed by atoms with Gasteiger partial charge in [-0.3, -0.25) is 9.11 Å². The molecule has 1 aliphatic rings. The van der Waals surface area contributed by atoms with Crippen LogP contribution in [0.25, 0.3) is 0 Å². The first-order chi connectivity index (χ1) is 15.0. The number of nitrogens with zero attached hydrogens (tertiary/aromatic N) is 2. The predicted molar refractivity (Wildman–Crippen MR) is 123 cm³/mol. The normalized spacial score (nSPS) is 15.2. The van der Waals surface area contributed by atoms with Gasteiger partial charge in [0.1, 0.15) is 5.82 Å². The average molecular weight is 485 g/mol. The Balaban J connectivity index is 0.00000363. The summed E-state index contributed by atoms with van der Waals surface area (Å²) in [5.74, 6) is -1.29. The first kappa shape index (κ1) is 26.4. The Labute approximate surface area is 196 Å². The summed E-state index contributed by atoms with van der Waals surface area (Å²) < 4.78 is 43.4. The maximum Gasteiger partial charge on any atom is 0.337 e. The summed E-state index contributed by atoms with van der Waals surface area (Å²) >= 11 is -2.50. The fourth-order valence-corrected chi connectivity index (χ4v) is 3.99. The van der Waals surface area contributed by atoms with Gasteiger partial charge in [-0.15, -0.1) is 12.4 Å². The van der Waals surface area contributed by atoms with Crippen molar-refractivity contribution in [2.45, 2.75) is 19.5 Å². The zero-order chi connectivity index (χ0) is 22.2. The molecule has 176 valence electrons. The Morgan fingerprint density at radius 2 is 1.84 bits per heavy atom. The maximum atomic E-state index is 14.3. The molecule has 10 heteroatoms. The lowest BCUT2D eigenvalue weighted by molar-refractivity contribution is 0.0600. The third-order valence-electron chi connectivity index (χ3n) is 5.32. The highest BCUT2D eigenvalue weighted by Gasteiger charge is 2.14. The number of carbonyl (C=O) groups is 1. The Bertz CT molecular complexity index is 911. The van der Waals surface area contributed by atoms with Gasteiger partial charge in [-0.05, 0) is 29.7 Å². The quantitative estimate of drug-likeness (QED) is 0.434. The van der Waals surface area contributed by atoms with Gasteiger partial charge in [0.15, 0.2) is 0 Å². The second kappa shape index (κ2) is 13.0. The molecule has 0 aliphatic carbocycles. The molecule has 1 saturated heterocycles. The van der Waals surface area contributed by atoms with Crippen LogP contribution in [0.15, 0.2) is 42.5 Å². The lowest BCUT2D eigenvalue weighted by Crippen LogP contribution is -2.42. The summed E-state index contributed by atoms with van der Waals surface area (Å²) in [7, 11) is 1.22. The van der Waals surface area contributed by atoms with Crippen molar-refractivity contribution >= 4 is 29.6 Å². The monoisotopic (exact) mass is 484 g/mol. The summed E-state index contributed by atoms with van der Waals surface area (Å²) in [5.41, 5.74) is 2.52. The fourth-order valence-electron chi connectivity index (χ4n) is 3.51. The Morgan fingerprint density at radius 3 is 2.44 bits per heavy atom. The molecule has 0 spiro atoms. The minimum absolute atomic E-state index is 0. The molecule has 1 fully saturated rings. The van der Waals surface area contributed by atoms with E-state index in [-0.39, 0.29) is 36.6 Å². The van der Waals surface area contributed by atoms with Crippen molar-refractivity contribution in [3.63, 3.8) is 0 Å². The van der Waals surface area contributed by atoms with Gasteiger partial charge < -0.3 is 14.6 Å². The Hall–Kier alpha value is -1.88. The van der Waals surface area contributed by atoms with E-state index in [0.29, 0.717) is 6.42 Å². The number of carbonyl (C=O) groups excluding carboxylic acids is 1. The summed E-state index contributed by atoms with van der Waals surface area (Å²) in [6, 6.07) is 12.1. The van der Waals surface area contributed by atoms with Crippen LogP contribution < -0.4 is 5.32 Å². The van der Waals surface area contributed by atoms with E-state index >= 15 is 0 Å². The van der Waals surface area contributed by atoms with Gasteiger partial charge in [0.25, 0.3) is 0 Å². The number of hydrogen-bond donors (Lipinski definition) is 1. The van der Waals surface area contributed by atoms with Crippen molar-refractivity contribution in [1.29, 1.82) is 0 Å². The number of esters is 1. The molecular weight excluding hydrogens is 457 g/mol. The largest absolute Gasteiger partial charge is 0.760 e. The summed E-state index contributed by atoms with van der Waals surface area (Å²) in [4.78, 5) is 13.9. The van der Waals surface area contributed by atoms with Crippen molar-refractivity contribution < 1.29 is 22.7 Å². The van der Waals surface area contributed by atoms with Crippen LogP contribution in [-0.2, 0) is 35.5 Å². The molecule has 0 aromatic heterocycles. The van der Waals surface area contributed by atoms with E-state index in [0.717, 1.165) is 44.4 Å². The van der Waals surface area contributed by atoms with Crippen LogP contribution in [0.4, 0.5) is 4.39 Å². The molecule has 2 aromatic rings. The molecule has 0 bridgehead atoms. The van der Waals surface area contributed by atoms with E-state index < -0.39 is 23.1 Å². The predicted octanol–water partition coefficient (Wildman–Crippen LogP) is 2.28. The van der Waals surface area contributed by atoms with Crippen LogP contribution in [0.3, 0.4) is 0 Å². The topological polar surface area (TPSA) is 84.9 Å². The SMILES string of the molecule is COC(=O)c1ccc(CN(CCc2ccc(CN3CCNCC3)cc2)S(=O)[O-])c(F)c1.Cl. The molecule has 0 amide bonds. The lowest BCUT2D eigenvalue weighted by atomic mass is 10.1. The number of piperazine rings is 1. The van der Waals surface area contributed by atoms with Crippen LogP contribution in [0, 0.1) is 5.82 Å². The van der Waals surface area contributed by atoms with Crippen molar-refractivity contribution in [2.24, 2.45) is 0 Å². The third kappa shape index (κ3) is 7.61. The van der Waals surface area contributed by atoms with Crippen molar-refractivity contribution in [2.75, 3.05) is 39.8 Å². The van der Waals surface area contributed by atoms with E-state index in [2.05, 4.69) is 27.1 Å². The maximum absolute atomic E-state index is 14.3. The number of ether oxygens (including phenoxy) is 1. The molecule has 7 nitrogen and oxygen atoms in total. The smallest absolute Gasteiger partial charge is 0.337 e. The Kier molecular flexibility index (Phi) is 10.7. The second-order valence-electron chi connectivity index (χ2n) is 7.47. The summed E-state index contributed by atoms with van der Waals surface area (Å²) in [5, 5.41) is 3.34. The second-order valence-corrected chi connectivity index (χ2v) is 8.42. The molecule has 0 radical (unpaired) electrons. The zero-order valence-electron chi connectivity index (χ0n) is 17.9. The molecule has 1 atom stereocenters. The number of nitrogens with one attached hydrogen (secondary N) is 1. The van der Waals surface area contributed by atoms with Gasteiger partial charge in [-0.2, -0.15) is 0 Å². The first-order valence-corrected chi connectivity index (χ1v) is 11.2. The first-order valence-electron chi connectivity index (χ1n) is 10.2. The van der Waals surface area contributed by atoms with Crippen LogP contribution in [0.5, 0.6) is 0 Å². The molecule has 2 aromatic carbocycles. The highest BCUT2D eigenvalue weighted by Crippen LogP contribution is 2.16. The summed E-state index contributed by atoms with van der Waals surface area (Å²) in [6.45, 7) is 5.10. The molecule has 0 saturated carbocycles. The van der Waals surface area contributed by atoms with E-state index in [1.165, 1.54) is 29.1 Å². The van der Waals surface area contributed by atoms with Crippen LogP contribution in [0.2, 0.25) is 0 Å². The van der Waals surface area contributed by atoms with E-state index in [9.17, 15) is 17.9 Å². The number of benzene rings is 2. The van der Waals surface area contributed by atoms with Crippen molar-refractivity contribution in [3.05, 3.63) is 70.5 Å². The van der Waals surface area contributed by atoms with Crippen LogP contribution in [0.1, 0.15) is 27.0 Å². The number of methoxy groups -OCH3 is 1. The average Bonchev–Trinajstić information content (AvgIpc) is 2.78. The molecular formula is C22H28ClFN3O4S-. The molecule has 1 unspecified atom stereocenters. The van der Waals surface area contributed by atoms with Gasteiger partial charge in [-0.25, -0.2) is 13.5 Å². The van der Waals surface area contributed by atoms with Gasteiger partial charge in [-0.1, -0.05) is 30.3 Å². The highest BCUT2D eigenvalue weighted by molar-refractivity contribution is 7.76. The minimum Gasteiger partial charge on any atom is -0.760 e. The molecule has 3 rings (SSSR count). The number of hydrogen-bond acceptors (Lipinski definition) is 6. The van der Waals surface area contributed by atoms with E-state index in [1.807, 2.05) is 12.1 Å². The summed E-state index contributed by atoms with van der Waals surface area (Å²) in [6.07, 6.45) is 0.518. The Morgan fingerprint density at radius 1 is 1.19 bits per heavy atom. The molecule has 1 N–H and O–H groups in total. The van der Waals surface area contributed by atoms with E-state index in [4.69, 9.17) is 0 Å².